The molecular weight excluding hydrogens is 430 g/mol. The number of hydrogen-bond donors (Lipinski definition) is 3. The Hall–Kier alpha value is -2.58. The third-order valence-electron chi connectivity index (χ3n) is 3.81. The van der Waals surface area contributed by atoms with Gasteiger partial charge in [0.25, 0.3) is 5.91 Å². The molecule has 1 amide bonds. The molecule has 6 nitrogen and oxygen atoms in total. The molecule has 0 aliphatic carbocycles. The summed E-state index contributed by atoms with van der Waals surface area (Å²) in [7, 11) is 0. The van der Waals surface area contributed by atoms with Crippen LogP contribution in [0.4, 0.5) is 10.7 Å². The molecule has 0 aliphatic rings. The van der Waals surface area contributed by atoms with Crippen LogP contribution in [0.5, 0.6) is 0 Å². The van der Waals surface area contributed by atoms with Gasteiger partial charge in [-0.25, -0.2) is 0 Å². The van der Waals surface area contributed by atoms with Crippen molar-refractivity contribution in [3.63, 3.8) is 0 Å². The van der Waals surface area contributed by atoms with Gasteiger partial charge in [0.2, 0.25) is 5.78 Å². The first kappa shape index (κ1) is 19.2. The third kappa shape index (κ3) is 4.23. The lowest BCUT2D eigenvalue weighted by molar-refractivity contribution is 0.0950. The van der Waals surface area contributed by atoms with Crippen molar-refractivity contribution in [1.82, 2.24) is 5.32 Å². The zero-order valence-electron chi connectivity index (χ0n) is 14.5. The number of rotatable bonds is 7. The average Bonchev–Trinajstić information content (AvgIpc) is 3.27. The van der Waals surface area contributed by atoms with Gasteiger partial charge in [-0.05, 0) is 31.2 Å². The molecule has 140 valence electrons. The largest absolute Gasteiger partial charge is 0.467 e. The van der Waals surface area contributed by atoms with Gasteiger partial charge in [-0.3, -0.25) is 9.59 Å². The molecule has 0 aliphatic heterocycles. The van der Waals surface area contributed by atoms with E-state index >= 15 is 0 Å². The quantitative estimate of drug-likeness (QED) is 0.469. The van der Waals surface area contributed by atoms with Gasteiger partial charge in [0.1, 0.15) is 15.6 Å². The standard InChI is InChI=1S/C19H18BrN3O3S/c1-2-22-19-14(18(25)23-10-13-7-4-8-26-13)15(21)17(27-19)16(24)11-5-3-6-12(20)9-11/h3-9,22H,2,10,21H2,1H3,(H,23,25). The molecule has 2 aromatic heterocycles. The Morgan fingerprint density at radius 2 is 2.07 bits per heavy atom. The van der Waals surface area contributed by atoms with Crippen LogP contribution >= 0.6 is 27.3 Å². The second-order valence-corrected chi connectivity index (χ2v) is 7.62. The van der Waals surface area contributed by atoms with Crippen molar-refractivity contribution < 1.29 is 14.0 Å². The number of furan rings is 1. The van der Waals surface area contributed by atoms with Crippen LogP contribution in [0.1, 0.15) is 38.3 Å². The van der Waals surface area contributed by atoms with Gasteiger partial charge >= 0.3 is 0 Å². The molecular formula is C19H18BrN3O3S. The van der Waals surface area contributed by atoms with Gasteiger partial charge in [0.15, 0.2) is 0 Å². The maximum absolute atomic E-state index is 12.9. The van der Waals surface area contributed by atoms with E-state index in [1.54, 1.807) is 36.6 Å². The second kappa shape index (κ2) is 8.41. The van der Waals surface area contributed by atoms with E-state index in [0.29, 0.717) is 27.7 Å². The van der Waals surface area contributed by atoms with E-state index in [2.05, 4.69) is 26.6 Å². The van der Waals surface area contributed by atoms with Gasteiger partial charge in [-0.1, -0.05) is 28.1 Å². The highest BCUT2D eigenvalue weighted by Crippen LogP contribution is 2.37. The molecule has 0 saturated carbocycles. The van der Waals surface area contributed by atoms with E-state index in [1.165, 1.54) is 11.3 Å². The number of halogens is 1. The molecule has 3 aromatic rings. The van der Waals surface area contributed by atoms with E-state index in [0.717, 1.165) is 4.47 Å². The number of nitrogens with two attached hydrogens (primary N) is 1. The fraction of sp³-hybridized carbons (Fsp3) is 0.158. The van der Waals surface area contributed by atoms with Gasteiger partial charge in [-0.15, -0.1) is 11.3 Å². The normalized spacial score (nSPS) is 10.6. The van der Waals surface area contributed by atoms with E-state index in [1.807, 2.05) is 13.0 Å². The molecule has 0 unspecified atom stereocenters. The van der Waals surface area contributed by atoms with E-state index in [9.17, 15) is 9.59 Å². The van der Waals surface area contributed by atoms with Crippen LogP contribution in [0.25, 0.3) is 0 Å². The van der Waals surface area contributed by atoms with Crippen molar-refractivity contribution in [2.45, 2.75) is 13.5 Å². The summed E-state index contributed by atoms with van der Waals surface area (Å²) in [5, 5.41) is 6.47. The number of benzene rings is 1. The van der Waals surface area contributed by atoms with Gasteiger partial charge < -0.3 is 20.8 Å². The van der Waals surface area contributed by atoms with Gasteiger partial charge in [-0.2, -0.15) is 0 Å². The predicted molar refractivity (Wildman–Crippen MR) is 110 cm³/mol. The fourth-order valence-corrected chi connectivity index (χ4v) is 4.10. The number of thiophene rings is 1. The molecule has 0 saturated heterocycles. The Morgan fingerprint density at radius 1 is 1.26 bits per heavy atom. The average molecular weight is 448 g/mol. The minimum Gasteiger partial charge on any atom is -0.467 e. The minimum absolute atomic E-state index is 0.179. The topological polar surface area (TPSA) is 97.4 Å². The number of amides is 1. The van der Waals surface area contributed by atoms with Crippen molar-refractivity contribution in [3.05, 3.63) is 68.9 Å². The molecule has 3 rings (SSSR count). The first-order valence-electron chi connectivity index (χ1n) is 8.28. The van der Waals surface area contributed by atoms with Crippen molar-refractivity contribution in [2.75, 3.05) is 17.6 Å². The van der Waals surface area contributed by atoms with Crippen molar-refractivity contribution in [1.29, 1.82) is 0 Å². The van der Waals surface area contributed by atoms with E-state index in [4.69, 9.17) is 10.2 Å². The number of anilines is 2. The second-order valence-electron chi connectivity index (χ2n) is 5.68. The summed E-state index contributed by atoms with van der Waals surface area (Å²) in [6, 6.07) is 10.6. The Bertz CT molecular complexity index is 967. The summed E-state index contributed by atoms with van der Waals surface area (Å²) in [5.74, 6) is 0.0556. The van der Waals surface area contributed by atoms with E-state index in [-0.39, 0.29) is 29.5 Å². The summed E-state index contributed by atoms with van der Waals surface area (Å²) < 4.78 is 6.02. The van der Waals surface area contributed by atoms with Crippen LogP contribution in [-0.2, 0) is 6.54 Å². The lowest BCUT2D eigenvalue weighted by atomic mass is 10.1. The Morgan fingerprint density at radius 3 is 2.74 bits per heavy atom. The predicted octanol–water partition coefficient (Wildman–Crippen LogP) is 4.28. The molecule has 0 spiro atoms. The van der Waals surface area contributed by atoms with Crippen molar-refractivity contribution in [2.24, 2.45) is 0 Å². The first-order chi connectivity index (χ1) is 13.0. The summed E-state index contributed by atoms with van der Waals surface area (Å²) >= 11 is 4.55. The molecule has 2 heterocycles. The molecule has 8 heteroatoms. The highest BCUT2D eigenvalue weighted by molar-refractivity contribution is 9.10. The Kier molecular flexibility index (Phi) is 5.98. The maximum Gasteiger partial charge on any atom is 0.256 e. The van der Waals surface area contributed by atoms with Gasteiger partial charge in [0, 0.05) is 16.6 Å². The number of nitrogen functional groups attached to an aromatic ring is 1. The van der Waals surface area contributed by atoms with Gasteiger partial charge in [0.05, 0.1) is 24.1 Å². The summed E-state index contributed by atoms with van der Waals surface area (Å²) in [4.78, 5) is 25.9. The summed E-state index contributed by atoms with van der Waals surface area (Å²) in [6.07, 6.45) is 1.54. The zero-order valence-corrected chi connectivity index (χ0v) is 16.9. The number of nitrogens with one attached hydrogen (secondary N) is 2. The highest BCUT2D eigenvalue weighted by Gasteiger charge is 2.26. The Labute approximate surface area is 168 Å². The summed E-state index contributed by atoms with van der Waals surface area (Å²) in [5.41, 5.74) is 7.18. The molecule has 0 atom stereocenters. The molecule has 0 bridgehead atoms. The van der Waals surface area contributed by atoms with Crippen LogP contribution in [0.2, 0.25) is 0 Å². The fourth-order valence-electron chi connectivity index (χ4n) is 2.55. The minimum atomic E-state index is -0.357. The lowest BCUT2D eigenvalue weighted by Gasteiger charge is -2.07. The number of ketones is 1. The van der Waals surface area contributed by atoms with Crippen LogP contribution in [0.3, 0.4) is 0 Å². The van der Waals surface area contributed by atoms with Crippen LogP contribution < -0.4 is 16.4 Å². The number of carbonyl (C=O) groups is 2. The van der Waals surface area contributed by atoms with Crippen LogP contribution in [0.15, 0.2) is 51.6 Å². The zero-order chi connectivity index (χ0) is 19.4. The van der Waals surface area contributed by atoms with Crippen molar-refractivity contribution >= 4 is 49.6 Å². The monoisotopic (exact) mass is 447 g/mol. The molecule has 0 radical (unpaired) electrons. The third-order valence-corrected chi connectivity index (χ3v) is 5.46. The molecule has 27 heavy (non-hydrogen) atoms. The Balaban J connectivity index is 1.91. The number of hydrogen-bond acceptors (Lipinski definition) is 6. The summed E-state index contributed by atoms with van der Waals surface area (Å²) in [6.45, 7) is 2.75. The maximum atomic E-state index is 12.9. The van der Waals surface area contributed by atoms with Crippen molar-refractivity contribution in [3.8, 4) is 0 Å². The smallest absolute Gasteiger partial charge is 0.256 e. The number of carbonyl (C=O) groups excluding carboxylic acids is 2. The first-order valence-corrected chi connectivity index (χ1v) is 9.89. The molecule has 1 aromatic carbocycles. The SMILES string of the molecule is CCNc1sc(C(=O)c2cccc(Br)c2)c(N)c1C(=O)NCc1ccco1. The molecule has 0 fully saturated rings. The van der Waals surface area contributed by atoms with Crippen LogP contribution in [-0.4, -0.2) is 18.2 Å². The van der Waals surface area contributed by atoms with Crippen LogP contribution in [0, 0.1) is 0 Å². The van der Waals surface area contributed by atoms with E-state index < -0.39 is 0 Å². The molecule has 4 N–H and O–H groups in total. The lowest BCUT2D eigenvalue weighted by Crippen LogP contribution is -2.24. The highest BCUT2D eigenvalue weighted by atomic mass is 79.9.